The van der Waals surface area contributed by atoms with Gasteiger partial charge in [-0.05, 0) is 23.3 Å². The molecule has 154 valence electrons. The van der Waals surface area contributed by atoms with Crippen molar-refractivity contribution < 1.29 is 14.3 Å². The van der Waals surface area contributed by atoms with Crippen molar-refractivity contribution in [2.24, 2.45) is 0 Å². The number of hydrogen-bond acceptors (Lipinski definition) is 5. The Kier molecular flexibility index (Phi) is 7.17. The molecule has 0 heterocycles. The zero-order valence-corrected chi connectivity index (χ0v) is 16.9. The molecule has 0 radical (unpaired) electrons. The van der Waals surface area contributed by atoms with Crippen molar-refractivity contribution in [3.05, 3.63) is 113 Å². The summed E-state index contributed by atoms with van der Waals surface area (Å²) in [6.45, 7) is 0. The normalized spacial score (nSPS) is 10.8. The van der Waals surface area contributed by atoms with Crippen molar-refractivity contribution in [3.63, 3.8) is 0 Å². The number of nitrogens with zero attached hydrogens (tertiary/aromatic N) is 1. The smallest absolute Gasteiger partial charge is 0.339 e. The van der Waals surface area contributed by atoms with E-state index in [2.05, 4.69) is 10.6 Å². The fourth-order valence-corrected chi connectivity index (χ4v) is 3.05. The molecule has 0 aliphatic heterocycles. The summed E-state index contributed by atoms with van der Waals surface area (Å²) in [6, 6.07) is 27.2. The monoisotopic (exact) mass is 411 g/mol. The zero-order valence-electron chi connectivity index (χ0n) is 16.9. The summed E-state index contributed by atoms with van der Waals surface area (Å²) in [5.74, 6) is -1.06. The highest BCUT2D eigenvalue weighted by atomic mass is 16.5. The molecule has 3 aromatic rings. The van der Waals surface area contributed by atoms with Gasteiger partial charge in [-0.2, -0.15) is 5.26 Å². The van der Waals surface area contributed by atoms with Crippen molar-refractivity contribution in [1.82, 2.24) is 5.32 Å². The highest BCUT2D eigenvalue weighted by molar-refractivity contribution is 5.99. The van der Waals surface area contributed by atoms with Gasteiger partial charge in [0.2, 0.25) is 0 Å². The van der Waals surface area contributed by atoms with Crippen LogP contribution < -0.4 is 10.6 Å². The quantitative estimate of drug-likeness (QED) is 0.345. The standard InChI is InChI=1S/C25H21N3O3/c1-31-25(30)21-14-8-9-15-22(21)27-17-20(16-26)24(29)28-23(18-10-4-2-5-11-18)19-12-6-3-7-13-19/h2-15,17,23,27H,1H3,(H,28,29)/b20-17-. The molecule has 0 aliphatic carbocycles. The number of nitriles is 1. The Labute approximate surface area is 180 Å². The van der Waals surface area contributed by atoms with Gasteiger partial charge in [0.25, 0.3) is 5.91 Å². The topological polar surface area (TPSA) is 91.2 Å². The number of methoxy groups -OCH3 is 1. The lowest BCUT2D eigenvalue weighted by molar-refractivity contribution is -0.117. The number of carbonyl (C=O) groups excluding carboxylic acids is 2. The Morgan fingerprint density at radius 2 is 1.45 bits per heavy atom. The number of ether oxygens (including phenoxy) is 1. The van der Waals surface area contributed by atoms with E-state index in [1.807, 2.05) is 66.7 Å². The molecule has 0 saturated carbocycles. The van der Waals surface area contributed by atoms with E-state index in [0.29, 0.717) is 11.3 Å². The number of esters is 1. The second-order valence-corrected chi connectivity index (χ2v) is 6.58. The molecule has 0 fully saturated rings. The number of hydrogen-bond donors (Lipinski definition) is 2. The fraction of sp³-hybridized carbons (Fsp3) is 0.0800. The predicted molar refractivity (Wildman–Crippen MR) is 118 cm³/mol. The second kappa shape index (κ2) is 10.4. The van der Waals surface area contributed by atoms with Gasteiger partial charge in [0.05, 0.1) is 24.4 Å². The van der Waals surface area contributed by atoms with E-state index in [4.69, 9.17) is 4.74 Å². The number of benzene rings is 3. The number of rotatable bonds is 7. The molecule has 3 aromatic carbocycles. The van der Waals surface area contributed by atoms with E-state index in [1.165, 1.54) is 13.3 Å². The van der Waals surface area contributed by atoms with Gasteiger partial charge >= 0.3 is 5.97 Å². The number of amides is 1. The average Bonchev–Trinajstić information content (AvgIpc) is 2.83. The third-order valence-corrected chi connectivity index (χ3v) is 4.61. The molecule has 0 unspecified atom stereocenters. The molecule has 0 spiro atoms. The second-order valence-electron chi connectivity index (χ2n) is 6.58. The molecule has 0 aromatic heterocycles. The van der Waals surface area contributed by atoms with E-state index in [9.17, 15) is 14.9 Å². The summed E-state index contributed by atoms with van der Waals surface area (Å²) in [7, 11) is 1.29. The number of carbonyl (C=O) groups is 2. The minimum Gasteiger partial charge on any atom is -0.465 e. The van der Waals surface area contributed by atoms with Gasteiger partial charge < -0.3 is 15.4 Å². The molecule has 6 nitrogen and oxygen atoms in total. The van der Waals surface area contributed by atoms with Gasteiger partial charge in [-0.25, -0.2) is 4.79 Å². The summed E-state index contributed by atoms with van der Waals surface area (Å²) in [5, 5.41) is 15.3. The molecule has 0 bridgehead atoms. The van der Waals surface area contributed by atoms with Gasteiger partial charge in [0.15, 0.2) is 0 Å². The molecular weight excluding hydrogens is 390 g/mol. The van der Waals surface area contributed by atoms with E-state index in [1.54, 1.807) is 24.3 Å². The van der Waals surface area contributed by atoms with Crippen LogP contribution in [0.5, 0.6) is 0 Å². The lowest BCUT2D eigenvalue weighted by Gasteiger charge is -2.19. The largest absolute Gasteiger partial charge is 0.465 e. The van der Waals surface area contributed by atoms with Crippen LogP contribution >= 0.6 is 0 Å². The van der Waals surface area contributed by atoms with Crippen LogP contribution in [0.1, 0.15) is 27.5 Å². The van der Waals surface area contributed by atoms with Crippen molar-refractivity contribution in [3.8, 4) is 6.07 Å². The van der Waals surface area contributed by atoms with E-state index >= 15 is 0 Å². The molecule has 1 amide bonds. The van der Waals surface area contributed by atoms with Crippen LogP contribution in [0.3, 0.4) is 0 Å². The Morgan fingerprint density at radius 1 is 0.903 bits per heavy atom. The molecule has 0 saturated heterocycles. The van der Waals surface area contributed by atoms with Gasteiger partial charge in [-0.3, -0.25) is 4.79 Å². The molecule has 31 heavy (non-hydrogen) atoms. The molecule has 0 atom stereocenters. The first-order chi connectivity index (χ1) is 15.1. The third kappa shape index (κ3) is 5.37. The SMILES string of the molecule is COC(=O)c1ccccc1N/C=C(/C#N)C(=O)NC(c1ccccc1)c1ccccc1. The highest BCUT2D eigenvalue weighted by Gasteiger charge is 2.19. The van der Waals surface area contributed by atoms with Crippen LogP contribution in [0.2, 0.25) is 0 Å². The Balaban J connectivity index is 1.84. The minimum absolute atomic E-state index is 0.128. The van der Waals surface area contributed by atoms with Crippen molar-refractivity contribution >= 4 is 17.6 Å². The molecular formula is C25H21N3O3. The number of anilines is 1. The molecule has 3 rings (SSSR count). The minimum atomic E-state index is -0.539. The van der Waals surface area contributed by atoms with Gasteiger partial charge in [0.1, 0.15) is 11.6 Å². The van der Waals surface area contributed by atoms with E-state index < -0.39 is 17.9 Å². The van der Waals surface area contributed by atoms with Crippen molar-refractivity contribution in [2.75, 3.05) is 12.4 Å². The van der Waals surface area contributed by atoms with Crippen LogP contribution in [0.25, 0.3) is 0 Å². The maximum absolute atomic E-state index is 12.9. The maximum Gasteiger partial charge on any atom is 0.339 e. The molecule has 6 heteroatoms. The Hall–Kier alpha value is -4.37. The van der Waals surface area contributed by atoms with Crippen LogP contribution in [-0.2, 0) is 9.53 Å². The zero-order chi connectivity index (χ0) is 22.1. The van der Waals surface area contributed by atoms with E-state index in [-0.39, 0.29) is 5.57 Å². The Morgan fingerprint density at radius 3 is 2.00 bits per heavy atom. The Bertz CT molecular complexity index is 1080. The summed E-state index contributed by atoms with van der Waals surface area (Å²) in [4.78, 5) is 24.8. The van der Waals surface area contributed by atoms with E-state index in [0.717, 1.165) is 11.1 Å². The van der Waals surface area contributed by atoms with Crippen LogP contribution in [-0.4, -0.2) is 19.0 Å². The summed E-state index contributed by atoms with van der Waals surface area (Å²) in [5.41, 5.74) is 2.38. The first-order valence-corrected chi connectivity index (χ1v) is 9.59. The fourth-order valence-electron chi connectivity index (χ4n) is 3.05. The number of nitrogens with one attached hydrogen (secondary N) is 2. The first-order valence-electron chi connectivity index (χ1n) is 9.59. The van der Waals surface area contributed by atoms with Gasteiger partial charge in [0, 0.05) is 6.20 Å². The summed E-state index contributed by atoms with van der Waals surface area (Å²) >= 11 is 0. The van der Waals surface area contributed by atoms with Crippen molar-refractivity contribution in [2.45, 2.75) is 6.04 Å². The maximum atomic E-state index is 12.9. The van der Waals surface area contributed by atoms with Gasteiger partial charge in [-0.15, -0.1) is 0 Å². The average molecular weight is 411 g/mol. The van der Waals surface area contributed by atoms with Crippen LogP contribution in [0, 0.1) is 11.3 Å². The van der Waals surface area contributed by atoms with Crippen LogP contribution in [0.4, 0.5) is 5.69 Å². The molecule has 0 aliphatic rings. The lowest BCUT2D eigenvalue weighted by atomic mass is 9.98. The summed E-state index contributed by atoms with van der Waals surface area (Å²) in [6.07, 6.45) is 1.28. The van der Waals surface area contributed by atoms with Gasteiger partial charge in [-0.1, -0.05) is 72.8 Å². The first kappa shape index (κ1) is 21.3. The predicted octanol–water partition coefficient (Wildman–Crippen LogP) is 4.20. The lowest BCUT2D eigenvalue weighted by Crippen LogP contribution is -2.30. The van der Waals surface area contributed by atoms with Crippen molar-refractivity contribution in [1.29, 1.82) is 5.26 Å². The molecule has 2 N–H and O–H groups in total. The summed E-state index contributed by atoms with van der Waals surface area (Å²) < 4.78 is 4.76. The van der Waals surface area contributed by atoms with Crippen LogP contribution in [0.15, 0.2) is 96.7 Å². The third-order valence-electron chi connectivity index (χ3n) is 4.61. The highest BCUT2D eigenvalue weighted by Crippen LogP contribution is 2.22. The number of para-hydroxylation sites is 1.